The number of hydrogen-bond donors (Lipinski definition) is 1. The topological polar surface area (TPSA) is 46.2 Å². The Morgan fingerprint density at radius 1 is 1.31 bits per heavy atom. The molecule has 0 heterocycles. The molecule has 1 fully saturated rings. The van der Waals surface area contributed by atoms with E-state index in [9.17, 15) is 8.42 Å². The highest BCUT2D eigenvalue weighted by molar-refractivity contribution is 7.92. The van der Waals surface area contributed by atoms with Crippen molar-refractivity contribution in [3.63, 3.8) is 0 Å². The molecule has 1 aliphatic rings. The first-order chi connectivity index (χ1) is 7.57. The van der Waals surface area contributed by atoms with Gasteiger partial charge in [0, 0.05) is 6.04 Å². The van der Waals surface area contributed by atoms with Crippen LogP contribution in [-0.2, 0) is 9.84 Å². The second kappa shape index (κ2) is 4.18. The van der Waals surface area contributed by atoms with Crippen molar-refractivity contribution in [3.8, 4) is 0 Å². The van der Waals surface area contributed by atoms with E-state index in [1.165, 1.54) is 0 Å². The van der Waals surface area contributed by atoms with E-state index in [0.29, 0.717) is 4.90 Å². The molecule has 1 saturated carbocycles. The summed E-state index contributed by atoms with van der Waals surface area (Å²) in [4.78, 5) is 0.499. The zero-order valence-electron chi connectivity index (χ0n) is 9.60. The van der Waals surface area contributed by atoms with Gasteiger partial charge in [0.2, 0.25) is 0 Å². The lowest BCUT2D eigenvalue weighted by Gasteiger charge is -2.15. The molecule has 0 saturated heterocycles. The molecule has 0 amide bonds. The van der Waals surface area contributed by atoms with Crippen LogP contribution in [0.5, 0.6) is 0 Å². The highest BCUT2D eigenvalue weighted by Crippen LogP contribution is 2.36. The Hall–Kier alpha value is -0.870. The van der Waals surface area contributed by atoms with Crippen molar-refractivity contribution in [2.75, 3.05) is 7.05 Å². The second-order valence-electron chi connectivity index (χ2n) is 4.29. The third-order valence-corrected chi connectivity index (χ3v) is 5.42. The quantitative estimate of drug-likeness (QED) is 0.873. The first kappa shape index (κ1) is 11.6. The van der Waals surface area contributed by atoms with Crippen molar-refractivity contribution in [3.05, 3.63) is 29.8 Å². The molecular formula is C12H17NO2S. The molecule has 0 spiro atoms. The minimum absolute atomic E-state index is 0.0599. The maximum atomic E-state index is 12.2. The predicted molar refractivity (Wildman–Crippen MR) is 64.1 cm³/mol. The Labute approximate surface area is 96.8 Å². The van der Waals surface area contributed by atoms with E-state index in [1.807, 2.05) is 26.1 Å². The number of sulfone groups is 1. The van der Waals surface area contributed by atoms with Crippen molar-refractivity contribution < 1.29 is 8.42 Å². The third-order valence-electron chi connectivity index (χ3n) is 3.09. The summed E-state index contributed by atoms with van der Waals surface area (Å²) in [5, 5.41) is 2.95. The highest BCUT2D eigenvalue weighted by Gasteiger charge is 2.38. The fraction of sp³-hybridized carbons (Fsp3) is 0.500. The van der Waals surface area contributed by atoms with Crippen molar-refractivity contribution in [1.29, 1.82) is 0 Å². The summed E-state index contributed by atoms with van der Waals surface area (Å²) in [5.74, 6) is 0. The minimum Gasteiger partial charge on any atom is -0.313 e. The maximum absolute atomic E-state index is 12.2. The fourth-order valence-electron chi connectivity index (χ4n) is 1.81. The van der Waals surface area contributed by atoms with E-state index >= 15 is 0 Å². The van der Waals surface area contributed by atoms with Crippen molar-refractivity contribution in [2.24, 2.45) is 0 Å². The van der Waals surface area contributed by atoms with Gasteiger partial charge in [-0.15, -0.1) is 0 Å². The van der Waals surface area contributed by atoms with E-state index in [4.69, 9.17) is 0 Å². The minimum atomic E-state index is -3.09. The Morgan fingerprint density at radius 2 is 1.94 bits per heavy atom. The molecule has 88 valence electrons. The van der Waals surface area contributed by atoms with Crippen LogP contribution in [0.2, 0.25) is 0 Å². The Kier molecular flexibility index (Phi) is 3.04. The summed E-state index contributed by atoms with van der Waals surface area (Å²) in [6.07, 6.45) is 1.62. The summed E-state index contributed by atoms with van der Waals surface area (Å²) in [6.45, 7) is 1.97. The average molecular weight is 239 g/mol. The molecule has 1 N–H and O–H groups in total. The van der Waals surface area contributed by atoms with Crippen LogP contribution in [0.3, 0.4) is 0 Å². The SMILES string of the molecule is CN[C@@H](C)c1ccccc1S(=O)(=O)C1CC1. The molecule has 1 atom stereocenters. The molecule has 4 heteroatoms. The third kappa shape index (κ3) is 1.99. The van der Waals surface area contributed by atoms with Gasteiger partial charge in [0.05, 0.1) is 10.1 Å². The van der Waals surface area contributed by atoms with Crippen LogP contribution in [-0.4, -0.2) is 20.7 Å². The van der Waals surface area contributed by atoms with Gasteiger partial charge in [0.25, 0.3) is 0 Å². The fourth-order valence-corrected chi connectivity index (χ4v) is 3.77. The molecule has 1 aromatic rings. The lowest BCUT2D eigenvalue weighted by Crippen LogP contribution is -2.17. The lowest BCUT2D eigenvalue weighted by atomic mass is 10.1. The van der Waals surface area contributed by atoms with E-state index in [1.54, 1.807) is 12.1 Å². The molecule has 3 nitrogen and oxygen atoms in total. The molecular weight excluding hydrogens is 222 g/mol. The molecule has 0 aromatic heterocycles. The predicted octanol–water partition coefficient (Wildman–Crippen LogP) is 1.90. The maximum Gasteiger partial charge on any atom is 0.181 e. The number of hydrogen-bond acceptors (Lipinski definition) is 3. The summed E-state index contributed by atoms with van der Waals surface area (Å²) < 4.78 is 24.4. The Balaban J connectivity index is 2.48. The van der Waals surface area contributed by atoms with Gasteiger partial charge in [-0.25, -0.2) is 8.42 Å². The molecule has 0 unspecified atom stereocenters. The number of benzene rings is 1. The molecule has 2 rings (SSSR count). The van der Waals surface area contributed by atoms with E-state index < -0.39 is 9.84 Å². The second-order valence-corrected chi connectivity index (χ2v) is 6.49. The van der Waals surface area contributed by atoms with Gasteiger partial charge < -0.3 is 5.32 Å². The van der Waals surface area contributed by atoms with Crippen LogP contribution in [0.15, 0.2) is 29.2 Å². The van der Waals surface area contributed by atoms with Crippen LogP contribution in [0, 0.1) is 0 Å². The zero-order valence-corrected chi connectivity index (χ0v) is 10.4. The van der Waals surface area contributed by atoms with E-state index in [2.05, 4.69) is 5.32 Å². The zero-order chi connectivity index (χ0) is 11.8. The highest BCUT2D eigenvalue weighted by atomic mass is 32.2. The number of nitrogens with one attached hydrogen (secondary N) is 1. The van der Waals surface area contributed by atoms with Crippen molar-refractivity contribution >= 4 is 9.84 Å². The smallest absolute Gasteiger partial charge is 0.181 e. The molecule has 0 aliphatic heterocycles. The summed E-state index contributed by atoms with van der Waals surface area (Å²) in [6, 6.07) is 7.34. The summed E-state index contributed by atoms with van der Waals surface area (Å²) >= 11 is 0. The van der Waals surface area contributed by atoms with Crippen LogP contribution in [0.25, 0.3) is 0 Å². The van der Waals surface area contributed by atoms with Gasteiger partial charge in [0.1, 0.15) is 0 Å². The summed E-state index contributed by atoms with van der Waals surface area (Å²) in [7, 11) is -1.25. The normalized spacial score (nSPS) is 18.4. The van der Waals surface area contributed by atoms with Crippen LogP contribution in [0.1, 0.15) is 31.4 Å². The first-order valence-corrected chi connectivity index (χ1v) is 7.12. The molecule has 1 aliphatic carbocycles. The molecule has 1 aromatic carbocycles. The van der Waals surface area contributed by atoms with E-state index in [0.717, 1.165) is 18.4 Å². The summed E-state index contributed by atoms with van der Waals surface area (Å²) in [5.41, 5.74) is 0.872. The lowest BCUT2D eigenvalue weighted by molar-refractivity contribution is 0.586. The monoisotopic (exact) mass is 239 g/mol. The standard InChI is InChI=1S/C12H17NO2S/c1-9(13-2)11-5-3-4-6-12(11)16(14,15)10-7-8-10/h3-6,9-10,13H,7-8H2,1-2H3/t9-/m0/s1. The van der Waals surface area contributed by atoms with Crippen molar-refractivity contribution in [2.45, 2.75) is 36.0 Å². The largest absolute Gasteiger partial charge is 0.313 e. The van der Waals surface area contributed by atoms with Crippen LogP contribution in [0.4, 0.5) is 0 Å². The number of rotatable bonds is 4. The van der Waals surface area contributed by atoms with Gasteiger partial charge >= 0.3 is 0 Å². The van der Waals surface area contributed by atoms with Gasteiger partial charge in [-0.2, -0.15) is 0 Å². The van der Waals surface area contributed by atoms with E-state index in [-0.39, 0.29) is 11.3 Å². The van der Waals surface area contributed by atoms with Gasteiger partial charge in [-0.3, -0.25) is 0 Å². The van der Waals surface area contributed by atoms with Crippen LogP contribution < -0.4 is 5.32 Å². The average Bonchev–Trinajstić information content (AvgIpc) is 3.12. The van der Waals surface area contributed by atoms with Gasteiger partial charge in [-0.05, 0) is 38.4 Å². The molecule has 0 radical (unpaired) electrons. The van der Waals surface area contributed by atoms with Crippen LogP contribution >= 0.6 is 0 Å². The van der Waals surface area contributed by atoms with Gasteiger partial charge in [-0.1, -0.05) is 18.2 Å². The Morgan fingerprint density at radius 3 is 2.50 bits per heavy atom. The molecule has 0 bridgehead atoms. The van der Waals surface area contributed by atoms with Crippen molar-refractivity contribution in [1.82, 2.24) is 5.32 Å². The first-order valence-electron chi connectivity index (χ1n) is 5.57. The van der Waals surface area contributed by atoms with Gasteiger partial charge in [0.15, 0.2) is 9.84 Å². The Bertz CT molecular complexity index is 478. The molecule has 16 heavy (non-hydrogen) atoms.